The van der Waals surface area contributed by atoms with E-state index in [4.69, 9.17) is 5.11 Å². The normalized spacial score (nSPS) is 11.8. The predicted molar refractivity (Wildman–Crippen MR) is 60.0 cm³/mol. The molecule has 0 aliphatic carbocycles. The van der Waals surface area contributed by atoms with Crippen LogP contribution in [0.4, 0.5) is 13.2 Å². The van der Waals surface area contributed by atoms with E-state index in [-0.39, 0.29) is 16.0 Å². The lowest BCUT2D eigenvalue weighted by Gasteiger charge is -2.12. The van der Waals surface area contributed by atoms with Gasteiger partial charge in [0.1, 0.15) is 12.9 Å². The third-order valence-electron chi connectivity index (χ3n) is 2.29. The number of hydrogen-bond donors (Lipinski definition) is 1. The first kappa shape index (κ1) is 13.0. The van der Waals surface area contributed by atoms with Crippen LogP contribution in [0, 0.1) is 0 Å². The molecule has 0 aliphatic rings. The average Bonchev–Trinajstić information content (AvgIpc) is 2.76. The van der Waals surface area contributed by atoms with Crippen molar-refractivity contribution in [1.29, 1.82) is 0 Å². The second-order valence-electron chi connectivity index (χ2n) is 3.44. The van der Waals surface area contributed by atoms with Crippen LogP contribution in [0.1, 0.15) is 11.4 Å². The van der Waals surface area contributed by atoms with Gasteiger partial charge in [-0.15, -0.1) is 10.2 Å². The molecule has 18 heavy (non-hydrogen) atoms. The highest BCUT2D eigenvalue weighted by Crippen LogP contribution is 2.36. The van der Waals surface area contributed by atoms with Crippen molar-refractivity contribution in [3.8, 4) is 5.69 Å². The van der Waals surface area contributed by atoms with E-state index in [1.54, 1.807) is 0 Å². The maximum absolute atomic E-state index is 12.7. The van der Waals surface area contributed by atoms with Gasteiger partial charge in [0.25, 0.3) is 0 Å². The van der Waals surface area contributed by atoms with Crippen molar-refractivity contribution in [2.45, 2.75) is 12.8 Å². The molecule has 96 valence electrons. The molecule has 0 bridgehead atoms. The summed E-state index contributed by atoms with van der Waals surface area (Å²) < 4.78 is 39.4. The highest BCUT2D eigenvalue weighted by atomic mass is 79.9. The van der Waals surface area contributed by atoms with Crippen LogP contribution in [0.3, 0.4) is 0 Å². The number of nitrogens with zero attached hydrogens (tertiary/aromatic N) is 3. The van der Waals surface area contributed by atoms with Crippen LogP contribution in [0.5, 0.6) is 0 Å². The van der Waals surface area contributed by atoms with E-state index in [0.29, 0.717) is 0 Å². The molecule has 8 heteroatoms. The molecule has 2 aromatic rings. The van der Waals surface area contributed by atoms with Crippen LogP contribution < -0.4 is 0 Å². The molecule has 1 heterocycles. The van der Waals surface area contributed by atoms with Gasteiger partial charge in [-0.3, -0.25) is 4.57 Å². The van der Waals surface area contributed by atoms with E-state index in [1.807, 2.05) is 0 Å². The van der Waals surface area contributed by atoms with Crippen LogP contribution in [0.15, 0.2) is 29.0 Å². The third kappa shape index (κ3) is 2.39. The molecule has 0 amide bonds. The highest BCUT2D eigenvalue weighted by molar-refractivity contribution is 9.10. The summed E-state index contributed by atoms with van der Waals surface area (Å²) in [7, 11) is 0. The zero-order chi connectivity index (χ0) is 13.3. The number of aromatic nitrogens is 3. The van der Waals surface area contributed by atoms with Gasteiger partial charge in [-0.25, -0.2) is 0 Å². The largest absolute Gasteiger partial charge is 0.417 e. The fourth-order valence-electron chi connectivity index (χ4n) is 1.46. The zero-order valence-corrected chi connectivity index (χ0v) is 10.4. The molecule has 0 aliphatic heterocycles. The second kappa shape index (κ2) is 4.69. The smallest absolute Gasteiger partial charge is 0.388 e. The van der Waals surface area contributed by atoms with Crippen molar-refractivity contribution < 1.29 is 18.3 Å². The van der Waals surface area contributed by atoms with Gasteiger partial charge in [0.05, 0.1) is 5.56 Å². The standard InChI is InChI=1S/C10H7BrF3N3O/c11-8-2-1-6(3-7(8)10(12,13)14)17-5-15-16-9(17)4-18/h1-3,5,18H,4H2. The molecular weight excluding hydrogens is 315 g/mol. The summed E-state index contributed by atoms with van der Waals surface area (Å²) in [5.74, 6) is 0.172. The first-order valence-electron chi connectivity index (χ1n) is 4.80. The van der Waals surface area contributed by atoms with Gasteiger partial charge in [-0.2, -0.15) is 13.2 Å². The maximum Gasteiger partial charge on any atom is 0.417 e. The first-order chi connectivity index (χ1) is 8.43. The van der Waals surface area contributed by atoms with Crippen molar-refractivity contribution in [3.63, 3.8) is 0 Å². The molecule has 2 rings (SSSR count). The van der Waals surface area contributed by atoms with Crippen LogP contribution >= 0.6 is 15.9 Å². The van der Waals surface area contributed by atoms with Gasteiger partial charge < -0.3 is 5.11 Å². The quantitative estimate of drug-likeness (QED) is 0.924. The first-order valence-corrected chi connectivity index (χ1v) is 5.59. The summed E-state index contributed by atoms with van der Waals surface area (Å²) in [6.07, 6.45) is -3.21. The SMILES string of the molecule is OCc1nncn1-c1ccc(Br)c(C(F)(F)F)c1. The maximum atomic E-state index is 12.7. The van der Waals surface area contributed by atoms with E-state index in [0.717, 1.165) is 6.07 Å². The number of rotatable bonds is 2. The summed E-state index contributed by atoms with van der Waals surface area (Å²) in [5, 5.41) is 16.1. The summed E-state index contributed by atoms with van der Waals surface area (Å²) in [4.78, 5) is 0. The molecule has 1 aromatic heterocycles. The van der Waals surface area contributed by atoms with Gasteiger partial charge in [-0.1, -0.05) is 15.9 Å². The van der Waals surface area contributed by atoms with Gasteiger partial charge in [0.2, 0.25) is 0 Å². The number of hydrogen-bond acceptors (Lipinski definition) is 3. The molecule has 0 spiro atoms. The zero-order valence-electron chi connectivity index (χ0n) is 8.82. The van der Waals surface area contributed by atoms with Gasteiger partial charge in [0.15, 0.2) is 5.82 Å². The Balaban J connectivity index is 2.54. The van der Waals surface area contributed by atoms with Crippen molar-refractivity contribution in [1.82, 2.24) is 14.8 Å². The van der Waals surface area contributed by atoms with Crippen molar-refractivity contribution in [2.75, 3.05) is 0 Å². The van der Waals surface area contributed by atoms with Crippen molar-refractivity contribution in [2.24, 2.45) is 0 Å². The molecule has 0 atom stereocenters. The average molecular weight is 322 g/mol. The van der Waals surface area contributed by atoms with Gasteiger partial charge >= 0.3 is 6.18 Å². The Bertz CT molecular complexity index is 568. The fourth-order valence-corrected chi connectivity index (χ4v) is 1.93. The summed E-state index contributed by atoms with van der Waals surface area (Å²) in [6.45, 7) is -0.405. The van der Waals surface area contributed by atoms with Crippen molar-refractivity contribution >= 4 is 15.9 Å². The Morgan fingerprint density at radius 3 is 2.67 bits per heavy atom. The minimum absolute atomic E-state index is 0.0441. The Morgan fingerprint density at radius 2 is 2.06 bits per heavy atom. The number of alkyl halides is 3. The summed E-state index contributed by atoms with van der Waals surface area (Å²) >= 11 is 2.86. The van der Waals surface area contributed by atoms with E-state index in [1.165, 1.54) is 23.0 Å². The molecular formula is C10H7BrF3N3O. The van der Waals surface area contributed by atoms with E-state index in [9.17, 15) is 13.2 Å². The van der Waals surface area contributed by atoms with Gasteiger partial charge in [0, 0.05) is 10.2 Å². The Labute approximate surface area is 108 Å². The number of benzene rings is 1. The molecule has 0 radical (unpaired) electrons. The lowest BCUT2D eigenvalue weighted by Crippen LogP contribution is -2.08. The minimum atomic E-state index is -4.46. The number of aliphatic hydroxyl groups is 1. The molecule has 4 nitrogen and oxygen atoms in total. The number of halogens is 4. The topological polar surface area (TPSA) is 50.9 Å². The molecule has 1 N–H and O–H groups in total. The van der Waals surface area contributed by atoms with Crippen LogP contribution in [-0.4, -0.2) is 19.9 Å². The predicted octanol–water partition coefficient (Wildman–Crippen LogP) is 2.54. The van der Waals surface area contributed by atoms with E-state index >= 15 is 0 Å². The molecule has 0 fully saturated rings. The van der Waals surface area contributed by atoms with Crippen LogP contribution in [0.25, 0.3) is 5.69 Å². The van der Waals surface area contributed by atoms with E-state index in [2.05, 4.69) is 26.1 Å². The number of aliphatic hydroxyl groups excluding tert-OH is 1. The van der Waals surface area contributed by atoms with Gasteiger partial charge in [-0.05, 0) is 18.2 Å². The third-order valence-corrected chi connectivity index (χ3v) is 2.98. The van der Waals surface area contributed by atoms with Crippen molar-refractivity contribution in [3.05, 3.63) is 40.4 Å². The van der Waals surface area contributed by atoms with E-state index < -0.39 is 18.3 Å². The molecule has 1 aromatic carbocycles. The summed E-state index contributed by atoms with van der Waals surface area (Å²) in [6, 6.07) is 3.73. The lowest BCUT2D eigenvalue weighted by atomic mass is 10.2. The monoisotopic (exact) mass is 321 g/mol. The molecule has 0 saturated carbocycles. The molecule has 0 saturated heterocycles. The summed E-state index contributed by atoms with van der Waals surface area (Å²) in [5.41, 5.74) is -0.558. The highest BCUT2D eigenvalue weighted by Gasteiger charge is 2.33. The van der Waals surface area contributed by atoms with Crippen LogP contribution in [0.2, 0.25) is 0 Å². The second-order valence-corrected chi connectivity index (χ2v) is 4.29. The Morgan fingerprint density at radius 1 is 1.33 bits per heavy atom. The fraction of sp³-hybridized carbons (Fsp3) is 0.200. The Hall–Kier alpha value is -1.41. The minimum Gasteiger partial charge on any atom is -0.388 e. The Kier molecular flexibility index (Phi) is 3.40. The lowest BCUT2D eigenvalue weighted by molar-refractivity contribution is -0.138. The molecule has 0 unspecified atom stereocenters. The van der Waals surface area contributed by atoms with Crippen LogP contribution in [-0.2, 0) is 12.8 Å².